The number of unbranched alkanes of at least 4 members (excludes halogenated alkanes) is 42. The molecule has 81 heavy (non-hydrogen) atoms. The molecule has 0 fully saturated rings. The van der Waals surface area contributed by atoms with Gasteiger partial charge in [0.1, 0.15) is 13.2 Å². The molecule has 1 atom stereocenters. The van der Waals surface area contributed by atoms with Crippen LogP contribution >= 0.6 is 0 Å². The zero-order valence-corrected chi connectivity index (χ0v) is 54.1. The molecule has 0 bridgehead atoms. The van der Waals surface area contributed by atoms with Gasteiger partial charge in [-0.1, -0.05) is 338 Å². The van der Waals surface area contributed by atoms with Crippen molar-refractivity contribution in [2.75, 3.05) is 13.2 Å². The van der Waals surface area contributed by atoms with E-state index in [1.54, 1.807) is 0 Å². The van der Waals surface area contributed by atoms with Crippen molar-refractivity contribution in [3.63, 3.8) is 0 Å². The fourth-order valence-electron chi connectivity index (χ4n) is 10.4. The Morgan fingerprint density at radius 2 is 0.494 bits per heavy atom. The van der Waals surface area contributed by atoms with Crippen LogP contribution in [0, 0.1) is 0 Å². The first kappa shape index (κ1) is 77.9. The monoisotopic (exact) mass is 1130 g/mol. The van der Waals surface area contributed by atoms with E-state index in [0.29, 0.717) is 19.3 Å². The molecule has 0 spiro atoms. The van der Waals surface area contributed by atoms with Gasteiger partial charge in [-0.15, -0.1) is 0 Å². The van der Waals surface area contributed by atoms with Crippen LogP contribution in [0.2, 0.25) is 0 Å². The van der Waals surface area contributed by atoms with Crippen LogP contribution in [0.25, 0.3) is 0 Å². The molecule has 0 aromatic carbocycles. The van der Waals surface area contributed by atoms with E-state index in [9.17, 15) is 14.4 Å². The van der Waals surface area contributed by atoms with Crippen LogP contribution < -0.4 is 0 Å². The van der Waals surface area contributed by atoms with E-state index in [-0.39, 0.29) is 37.5 Å². The summed E-state index contributed by atoms with van der Waals surface area (Å²) in [5.74, 6) is -0.948. The summed E-state index contributed by atoms with van der Waals surface area (Å²) in [7, 11) is 0. The molecule has 0 aromatic heterocycles. The lowest BCUT2D eigenvalue weighted by Gasteiger charge is -2.18. The average Bonchev–Trinajstić information content (AvgIpc) is 3.47. The van der Waals surface area contributed by atoms with E-state index in [1.807, 2.05) is 0 Å². The van der Waals surface area contributed by atoms with Gasteiger partial charge in [0.2, 0.25) is 0 Å². The molecule has 0 saturated carbocycles. The Morgan fingerprint density at radius 1 is 0.259 bits per heavy atom. The smallest absolute Gasteiger partial charge is 0.306 e. The predicted octanol–water partition coefficient (Wildman–Crippen LogP) is 24.4. The first-order valence-corrected chi connectivity index (χ1v) is 35.4. The van der Waals surface area contributed by atoms with E-state index in [4.69, 9.17) is 14.2 Å². The average molecular weight is 1130 g/mol. The van der Waals surface area contributed by atoms with Gasteiger partial charge in [0.25, 0.3) is 0 Å². The van der Waals surface area contributed by atoms with E-state index < -0.39 is 6.10 Å². The molecule has 0 heterocycles. The van der Waals surface area contributed by atoms with Crippen LogP contribution in [-0.4, -0.2) is 37.2 Å². The van der Waals surface area contributed by atoms with Gasteiger partial charge in [-0.05, 0) is 83.5 Å². The minimum absolute atomic E-state index is 0.0977. The van der Waals surface area contributed by atoms with Crippen LogP contribution in [0.1, 0.15) is 367 Å². The van der Waals surface area contributed by atoms with Gasteiger partial charge in [0.15, 0.2) is 6.10 Å². The number of carbonyl (C=O) groups is 3. The molecule has 0 rings (SSSR count). The lowest BCUT2D eigenvalue weighted by molar-refractivity contribution is -0.167. The van der Waals surface area contributed by atoms with Crippen molar-refractivity contribution < 1.29 is 28.6 Å². The molecule has 6 nitrogen and oxygen atoms in total. The van der Waals surface area contributed by atoms with Crippen molar-refractivity contribution in [1.82, 2.24) is 0 Å². The quantitative estimate of drug-likeness (QED) is 0.0261. The zero-order valence-electron chi connectivity index (χ0n) is 54.1. The molecule has 470 valence electrons. The van der Waals surface area contributed by atoms with Gasteiger partial charge in [0, 0.05) is 19.3 Å². The predicted molar refractivity (Wildman–Crippen MR) is 353 cm³/mol. The number of hydrogen-bond acceptors (Lipinski definition) is 6. The zero-order chi connectivity index (χ0) is 58.5. The maximum Gasteiger partial charge on any atom is 0.306 e. The second-order valence-electron chi connectivity index (χ2n) is 23.8. The number of ether oxygens (including phenoxy) is 3. The molecule has 0 saturated heterocycles. The molecule has 0 N–H and O–H groups in total. The molecule has 1 unspecified atom stereocenters. The number of hydrogen-bond donors (Lipinski definition) is 0. The first-order chi connectivity index (χ1) is 40.0. The lowest BCUT2D eigenvalue weighted by atomic mass is 10.0. The van der Waals surface area contributed by atoms with Crippen molar-refractivity contribution in [2.45, 2.75) is 374 Å². The molecule has 0 aliphatic carbocycles. The summed E-state index contributed by atoms with van der Waals surface area (Å²) >= 11 is 0. The van der Waals surface area contributed by atoms with Gasteiger partial charge in [-0.3, -0.25) is 14.4 Å². The summed E-state index contributed by atoms with van der Waals surface area (Å²) in [6.07, 6.45) is 91.0. The summed E-state index contributed by atoms with van der Waals surface area (Å²) in [5.41, 5.74) is 0. The highest BCUT2D eigenvalue weighted by Crippen LogP contribution is 2.18. The van der Waals surface area contributed by atoms with E-state index in [0.717, 1.165) is 83.5 Å². The van der Waals surface area contributed by atoms with E-state index in [1.165, 1.54) is 238 Å². The van der Waals surface area contributed by atoms with Crippen molar-refractivity contribution in [3.05, 3.63) is 72.9 Å². The summed E-state index contributed by atoms with van der Waals surface area (Å²) in [6, 6.07) is 0. The fraction of sp³-hybridized carbons (Fsp3) is 0.800. The van der Waals surface area contributed by atoms with Crippen LogP contribution in [0.4, 0.5) is 0 Å². The Hall–Kier alpha value is -3.15. The maximum atomic E-state index is 12.9. The number of esters is 3. The van der Waals surface area contributed by atoms with Crippen LogP contribution in [0.3, 0.4) is 0 Å². The Morgan fingerprint density at radius 3 is 0.802 bits per heavy atom. The Bertz CT molecular complexity index is 1490. The van der Waals surface area contributed by atoms with Crippen LogP contribution in [0.5, 0.6) is 0 Å². The topological polar surface area (TPSA) is 78.9 Å². The minimum Gasteiger partial charge on any atom is -0.462 e. The summed E-state index contributed by atoms with van der Waals surface area (Å²) in [5, 5.41) is 0. The third kappa shape index (κ3) is 67.5. The molecule has 0 aliphatic rings. The van der Waals surface area contributed by atoms with Gasteiger partial charge >= 0.3 is 17.9 Å². The minimum atomic E-state index is -0.809. The van der Waals surface area contributed by atoms with Gasteiger partial charge < -0.3 is 14.2 Å². The Balaban J connectivity index is 4.19. The molecular weight excluding hydrogens is 997 g/mol. The van der Waals surface area contributed by atoms with Crippen molar-refractivity contribution in [3.8, 4) is 0 Å². The van der Waals surface area contributed by atoms with Crippen molar-refractivity contribution in [1.29, 1.82) is 0 Å². The molecule has 0 aromatic rings. The van der Waals surface area contributed by atoms with Gasteiger partial charge in [-0.2, -0.15) is 0 Å². The van der Waals surface area contributed by atoms with Gasteiger partial charge in [-0.25, -0.2) is 0 Å². The number of allylic oxidation sites excluding steroid dienone is 12. The van der Waals surface area contributed by atoms with E-state index in [2.05, 4.69) is 93.7 Å². The second-order valence-corrected chi connectivity index (χ2v) is 23.8. The lowest BCUT2D eigenvalue weighted by Crippen LogP contribution is -2.30. The normalized spacial score (nSPS) is 12.5. The number of carbonyl (C=O) groups excluding carboxylic acids is 3. The SMILES string of the molecule is CC/C=C\C/C=C\C/C=C\C/C=C\C/C=C\CCCC(=O)OC(COC(=O)CCCCCCC/C=C\CCCCCCC)COC(=O)CCCCCCCCCCCCCCCCCCCCCCCCCCCCCCCCCC. The molecular formula is C75H134O6. The molecule has 0 aliphatic heterocycles. The van der Waals surface area contributed by atoms with E-state index >= 15 is 0 Å². The third-order valence-corrected chi connectivity index (χ3v) is 15.7. The van der Waals surface area contributed by atoms with Crippen molar-refractivity contribution in [2.24, 2.45) is 0 Å². The first-order valence-electron chi connectivity index (χ1n) is 35.4. The summed E-state index contributed by atoms with van der Waals surface area (Å²) in [6.45, 7) is 6.51. The van der Waals surface area contributed by atoms with Crippen molar-refractivity contribution >= 4 is 17.9 Å². The molecule has 6 heteroatoms. The number of rotatable bonds is 65. The fourth-order valence-corrected chi connectivity index (χ4v) is 10.4. The third-order valence-electron chi connectivity index (χ3n) is 15.7. The highest BCUT2D eigenvalue weighted by molar-refractivity contribution is 5.71. The van der Waals surface area contributed by atoms with Crippen LogP contribution in [-0.2, 0) is 28.6 Å². The standard InChI is InChI=1S/C75H134O6/c1-4-7-10-13-16-19-22-25-28-30-31-32-33-34-35-36-37-38-39-40-41-42-43-44-46-47-50-53-56-59-62-65-68-74(77)80-71-72(70-79-73(76)67-64-61-58-55-52-49-27-24-21-18-15-12-9-6-3)81-75(78)69-66-63-60-57-54-51-48-45-29-26-23-20-17-14-11-8-5-2/h8,11,17,20,24,26-27,29,48,51,57,60,72H,4-7,9-10,12-16,18-19,21-23,25,28,30-47,49-50,52-56,58-59,61-71H2,1-3H3/b11-8-,20-17-,27-24-,29-26-,51-48-,60-57-. The second kappa shape index (κ2) is 69.3. The van der Waals surface area contributed by atoms with Crippen LogP contribution in [0.15, 0.2) is 72.9 Å². The highest BCUT2D eigenvalue weighted by atomic mass is 16.6. The Kier molecular flexibility index (Phi) is 66.6. The summed E-state index contributed by atoms with van der Waals surface area (Å²) in [4.78, 5) is 38.3. The highest BCUT2D eigenvalue weighted by Gasteiger charge is 2.19. The molecule has 0 radical (unpaired) electrons. The largest absolute Gasteiger partial charge is 0.462 e. The molecule has 0 amide bonds. The summed E-state index contributed by atoms with van der Waals surface area (Å²) < 4.78 is 16.9. The Labute approximate surface area is 503 Å². The van der Waals surface area contributed by atoms with Gasteiger partial charge in [0.05, 0.1) is 0 Å². The maximum absolute atomic E-state index is 12.9.